The second kappa shape index (κ2) is 6.38. The lowest BCUT2D eigenvalue weighted by Gasteiger charge is -2.28. The number of alkyl carbamates (subject to hydrolysis) is 1. The Morgan fingerprint density at radius 1 is 1.41 bits per heavy atom. The van der Waals surface area contributed by atoms with Crippen molar-refractivity contribution in [3.05, 3.63) is 28.3 Å². The molecule has 7 heteroatoms. The number of carbonyl (C=O) groups excluding carboxylic acids is 1. The van der Waals surface area contributed by atoms with E-state index < -0.39 is 17.7 Å². The predicted octanol–water partition coefficient (Wildman–Crippen LogP) is 4.10. The van der Waals surface area contributed by atoms with E-state index in [-0.39, 0.29) is 16.6 Å². The molecule has 1 aliphatic heterocycles. The fourth-order valence-corrected chi connectivity index (χ4v) is 3.57. The molecule has 1 amide bonds. The molecule has 1 aromatic carbocycles. The molecule has 1 aliphatic rings. The maximum atomic E-state index is 11.9. The zero-order valence-corrected chi connectivity index (χ0v) is 14.2. The van der Waals surface area contributed by atoms with Crippen LogP contribution in [0.15, 0.2) is 17.0 Å². The second-order valence-electron chi connectivity index (χ2n) is 6.01. The first-order valence-corrected chi connectivity index (χ1v) is 8.23. The highest BCUT2D eigenvalue weighted by atomic mass is 35.5. The summed E-state index contributed by atoms with van der Waals surface area (Å²) in [6.07, 6.45) is 0.244. The number of carbonyl (C=O) groups is 2. The summed E-state index contributed by atoms with van der Waals surface area (Å²) in [6, 6.07) is 2.95. The number of aromatic carboxylic acids is 1. The molecule has 0 saturated carbocycles. The van der Waals surface area contributed by atoms with Crippen LogP contribution in [0, 0.1) is 0 Å². The van der Waals surface area contributed by atoms with Crippen LogP contribution in [-0.2, 0) is 4.74 Å². The average Bonchev–Trinajstić information content (AvgIpc) is 2.36. The number of hydrogen-bond acceptors (Lipinski definition) is 4. The highest BCUT2D eigenvalue weighted by Gasteiger charge is 2.27. The Morgan fingerprint density at radius 3 is 2.68 bits per heavy atom. The first kappa shape index (κ1) is 17.0. The molecule has 0 aromatic heterocycles. The summed E-state index contributed by atoms with van der Waals surface area (Å²) in [4.78, 5) is 23.9. The lowest BCUT2D eigenvalue weighted by atomic mass is 10.0. The Labute approximate surface area is 138 Å². The van der Waals surface area contributed by atoms with Crippen LogP contribution >= 0.6 is 23.4 Å². The molecule has 0 spiro atoms. The number of rotatable bonds is 2. The van der Waals surface area contributed by atoms with E-state index in [0.29, 0.717) is 0 Å². The van der Waals surface area contributed by atoms with Crippen LogP contribution in [0.4, 0.5) is 4.79 Å². The van der Waals surface area contributed by atoms with Crippen molar-refractivity contribution in [2.24, 2.45) is 0 Å². The molecule has 1 atom stereocenters. The number of halogens is 1. The number of carboxylic acid groups (broad SMARTS) is 1. The minimum absolute atomic E-state index is 0.0748. The SMILES string of the molecule is CC(C)(C)OC(=O)N[C@H]1CCSc2cc(C(=O)O)c(Cl)cc21. The monoisotopic (exact) mass is 343 g/mol. The van der Waals surface area contributed by atoms with E-state index in [1.165, 1.54) is 0 Å². The minimum atomic E-state index is -1.06. The summed E-state index contributed by atoms with van der Waals surface area (Å²) in [7, 11) is 0. The highest BCUT2D eigenvalue weighted by molar-refractivity contribution is 7.99. The van der Waals surface area contributed by atoms with Gasteiger partial charge in [-0.2, -0.15) is 0 Å². The second-order valence-corrected chi connectivity index (χ2v) is 7.55. The Hall–Kier alpha value is -1.40. The van der Waals surface area contributed by atoms with Gasteiger partial charge in [-0.25, -0.2) is 9.59 Å². The number of ether oxygens (including phenoxy) is 1. The summed E-state index contributed by atoms with van der Waals surface area (Å²) in [5, 5.41) is 12.1. The van der Waals surface area contributed by atoms with Gasteiger partial charge in [0, 0.05) is 10.6 Å². The zero-order valence-electron chi connectivity index (χ0n) is 12.6. The number of benzene rings is 1. The summed E-state index contributed by atoms with van der Waals surface area (Å²) >= 11 is 7.59. The van der Waals surface area contributed by atoms with Gasteiger partial charge in [0.2, 0.25) is 0 Å². The van der Waals surface area contributed by atoms with E-state index in [1.54, 1.807) is 44.7 Å². The lowest BCUT2D eigenvalue weighted by Crippen LogP contribution is -2.36. The molecule has 0 aliphatic carbocycles. The molecule has 1 aromatic rings. The molecule has 0 unspecified atom stereocenters. The predicted molar refractivity (Wildman–Crippen MR) is 85.9 cm³/mol. The molecule has 120 valence electrons. The molecule has 0 saturated heterocycles. The average molecular weight is 344 g/mol. The standard InChI is InChI=1S/C15H18ClNO4S/c1-15(2,3)21-14(20)17-11-4-5-22-12-7-8(13(18)19)10(16)6-9(11)12/h6-7,11H,4-5H2,1-3H3,(H,17,20)(H,18,19)/t11-/m0/s1. The maximum Gasteiger partial charge on any atom is 0.408 e. The summed E-state index contributed by atoms with van der Waals surface area (Å²) in [5.41, 5.74) is 0.337. The van der Waals surface area contributed by atoms with Crippen LogP contribution < -0.4 is 5.32 Å². The Balaban J connectivity index is 2.23. The van der Waals surface area contributed by atoms with Gasteiger partial charge in [-0.15, -0.1) is 11.8 Å². The molecule has 2 N–H and O–H groups in total. The molecule has 22 heavy (non-hydrogen) atoms. The number of thioether (sulfide) groups is 1. The molecule has 2 rings (SSSR count). The third kappa shape index (κ3) is 4.08. The Morgan fingerprint density at radius 2 is 2.09 bits per heavy atom. The molecule has 0 fully saturated rings. The van der Waals surface area contributed by atoms with Gasteiger partial charge in [-0.1, -0.05) is 11.6 Å². The molecule has 1 heterocycles. The molecule has 0 bridgehead atoms. The van der Waals surface area contributed by atoms with E-state index in [9.17, 15) is 9.59 Å². The third-order valence-corrected chi connectivity index (χ3v) is 4.48. The van der Waals surface area contributed by atoms with Crippen LogP contribution in [0.25, 0.3) is 0 Å². The van der Waals surface area contributed by atoms with Crippen molar-refractivity contribution < 1.29 is 19.4 Å². The van der Waals surface area contributed by atoms with E-state index in [1.807, 2.05) is 0 Å². The van der Waals surface area contributed by atoms with Gasteiger partial charge in [0.1, 0.15) is 5.60 Å². The number of nitrogens with one attached hydrogen (secondary N) is 1. The molecule has 0 radical (unpaired) electrons. The van der Waals surface area contributed by atoms with Gasteiger partial charge >= 0.3 is 12.1 Å². The van der Waals surface area contributed by atoms with Crippen molar-refractivity contribution >= 4 is 35.4 Å². The van der Waals surface area contributed by atoms with E-state index in [2.05, 4.69) is 5.32 Å². The fourth-order valence-electron chi connectivity index (χ4n) is 2.17. The van der Waals surface area contributed by atoms with Gasteiger partial charge in [0.25, 0.3) is 0 Å². The van der Waals surface area contributed by atoms with Crippen LogP contribution in [-0.4, -0.2) is 28.5 Å². The van der Waals surface area contributed by atoms with E-state index in [0.717, 1.165) is 22.6 Å². The number of amides is 1. The number of hydrogen-bond donors (Lipinski definition) is 2. The van der Waals surface area contributed by atoms with Crippen LogP contribution in [0.3, 0.4) is 0 Å². The summed E-state index contributed by atoms with van der Waals surface area (Å²) in [5.74, 6) is -0.274. The smallest absolute Gasteiger partial charge is 0.408 e. The van der Waals surface area contributed by atoms with E-state index in [4.69, 9.17) is 21.4 Å². The van der Waals surface area contributed by atoms with Crippen molar-refractivity contribution in [1.29, 1.82) is 0 Å². The van der Waals surface area contributed by atoms with Crippen LogP contribution in [0.1, 0.15) is 49.2 Å². The Bertz CT molecular complexity index is 612. The Kier molecular flexibility index (Phi) is 4.92. The van der Waals surface area contributed by atoms with Gasteiger partial charge in [-0.05, 0) is 44.9 Å². The normalized spacial score (nSPS) is 17.5. The number of fused-ring (bicyclic) bond motifs is 1. The largest absolute Gasteiger partial charge is 0.478 e. The summed E-state index contributed by atoms with van der Waals surface area (Å²) < 4.78 is 5.26. The van der Waals surface area contributed by atoms with Crippen molar-refractivity contribution in [2.75, 3.05) is 5.75 Å². The maximum absolute atomic E-state index is 11.9. The van der Waals surface area contributed by atoms with Gasteiger partial charge in [0.15, 0.2) is 0 Å². The lowest BCUT2D eigenvalue weighted by molar-refractivity contribution is 0.0500. The van der Waals surface area contributed by atoms with Crippen molar-refractivity contribution in [3.63, 3.8) is 0 Å². The quantitative estimate of drug-likeness (QED) is 0.845. The number of carboxylic acids is 1. The first-order valence-electron chi connectivity index (χ1n) is 6.86. The molecule has 5 nitrogen and oxygen atoms in total. The minimum Gasteiger partial charge on any atom is -0.478 e. The topological polar surface area (TPSA) is 75.6 Å². The third-order valence-electron chi connectivity index (χ3n) is 3.06. The fraction of sp³-hybridized carbons (Fsp3) is 0.467. The molecular weight excluding hydrogens is 326 g/mol. The van der Waals surface area contributed by atoms with Crippen molar-refractivity contribution in [2.45, 2.75) is 43.7 Å². The van der Waals surface area contributed by atoms with Crippen molar-refractivity contribution in [3.8, 4) is 0 Å². The van der Waals surface area contributed by atoms with Crippen LogP contribution in [0.2, 0.25) is 5.02 Å². The van der Waals surface area contributed by atoms with Gasteiger partial charge < -0.3 is 15.2 Å². The van der Waals surface area contributed by atoms with Gasteiger partial charge in [0.05, 0.1) is 16.6 Å². The van der Waals surface area contributed by atoms with Crippen LogP contribution in [0.5, 0.6) is 0 Å². The molecular formula is C15H18ClNO4S. The van der Waals surface area contributed by atoms with Crippen molar-refractivity contribution in [1.82, 2.24) is 5.32 Å². The van der Waals surface area contributed by atoms with Gasteiger partial charge in [-0.3, -0.25) is 0 Å². The highest BCUT2D eigenvalue weighted by Crippen LogP contribution is 2.39. The first-order chi connectivity index (χ1) is 10.2. The zero-order chi connectivity index (χ0) is 16.5. The van der Waals surface area contributed by atoms with E-state index >= 15 is 0 Å². The summed E-state index contributed by atoms with van der Waals surface area (Å²) in [6.45, 7) is 5.40.